The summed E-state index contributed by atoms with van der Waals surface area (Å²) in [6.07, 6.45) is 3.05. The minimum absolute atomic E-state index is 0.0495. The van der Waals surface area contributed by atoms with Crippen molar-refractivity contribution >= 4 is 0 Å². The van der Waals surface area contributed by atoms with Crippen LogP contribution >= 0.6 is 0 Å². The molecule has 3 heteroatoms. The largest absolute Gasteiger partial charge is 0.504 e. The minimum Gasteiger partial charge on any atom is -0.504 e. The van der Waals surface area contributed by atoms with Gasteiger partial charge in [-0.2, -0.15) is 0 Å². The molecular weight excluding hydrogens is 250 g/mol. The molecule has 0 fully saturated rings. The maximum atomic E-state index is 9.40. The Kier molecular flexibility index (Phi) is 5.44. The number of phenolic OH excluding ortho intramolecular Hbond substituents is 2. The minimum atomic E-state index is -0.0652. The molecule has 0 saturated heterocycles. The van der Waals surface area contributed by atoms with Crippen LogP contribution < -0.4 is 5.32 Å². The Morgan fingerprint density at radius 1 is 0.750 bits per heavy atom. The molecule has 0 bridgehead atoms. The van der Waals surface area contributed by atoms with E-state index >= 15 is 0 Å². The average Bonchev–Trinajstić information content (AvgIpc) is 2.47. The van der Waals surface area contributed by atoms with E-state index in [0.717, 1.165) is 37.9 Å². The van der Waals surface area contributed by atoms with Crippen LogP contribution in [0.3, 0.4) is 0 Å². The molecule has 106 valence electrons. The zero-order valence-electron chi connectivity index (χ0n) is 11.5. The fourth-order valence-corrected chi connectivity index (χ4v) is 2.14. The van der Waals surface area contributed by atoms with E-state index in [1.165, 1.54) is 11.6 Å². The van der Waals surface area contributed by atoms with E-state index in [1.807, 2.05) is 12.1 Å². The summed E-state index contributed by atoms with van der Waals surface area (Å²) in [5.74, 6) is -0.115. The van der Waals surface area contributed by atoms with Gasteiger partial charge in [-0.05, 0) is 55.6 Å². The third-order valence-corrected chi connectivity index (χ3v) is 3.29. The van der Waals surface area contributed by atoms with Crippen LogP contribution in [0.25, 0.3) is 0 Å². The van der Waals surface area contributed by atoms with Gasteiger partial charge in [-0.25, -0.2) is 0 Å². The van der Waals surface area contributed by atoms with Crippen molar-refractivity contribution in [3.63, 3.8) is 0 Å². The molecule has 0 heterocycles. The van der Waals surface area contributed by atoms with E-state index in [1.54, 1.807) is 6.07 Å². The molecule has 20 heavy (non-hydrogen) atoms. The second-order valence-electron chi connectivity index (χ2n) is 4.91. The van der Waals surface area contributed by atoms with Gasteiger partial charge in [-0.3, -0.25) is 0 Å². The topological polar surface area (TPSA) is 52.5 Å². The molecule has 0 unspecified atom stereocenters. The molecule has 0 amide bonds. The predicted octanol–water partition coefficient (Wildman–Crippen LogP) is 2.86. The van der Waals surface area contributed by atoms with Crippen molar-refractivity contribution in [3.05, 3.63) is 59.7 Å². The summed E-state index contributed by atoms with van der Waals surface area (Å²) in [6.45, 7) is 1.86. The second-order valence-corrected chi connectivity index (χ2v) is 4.91. The summed E-state index contributed by atoms with van der Waals surface area (Å²) in [5.41, 5.74) is 2.40. The van der Waals surface area contributed by atoms with E-state index in [9.17, 15) is 10.2 Å². The SMILES string of the molecule is Oc1ccc(CCNCCCc2ccccc2)cc1O. The number of hydrogen-bond acceptors (Lipinski definition) is 3. The van der Waals surface area contributed by atoms with Crippen LogP contribution in [0.15, 0.2) is 48.5 Å². The van der Waals surface area contributed by atoms with Gasteiger partial charge in [-0.1, -0.05) is 36.4 Å². The molecule has 2 rings (SSSR count). The highest BCUT2D eigenvalue weighted by Gasteiger charge is 2.00. The van der Waals surface area contributed by atoms with Crippen LogP contribution in [-0.2, 0) is 12.8 Å². The summed E-state index contributed by atoms with van der Waals surface area (Å²) in [7, 11) is 0. The van der Waals surface area contributed by atoms with E-state index in [2.05, 4.69) is 29.6 Å². The third-order valence-electron chi connectivity index (χ3n) is 3.29. The first kappa shape index (κ1) is 14.4. The average molecular weight is 271 g/mol. The van der Waals surface area contributed by atoms with Crippen molar-refractivity contribution in [2.24, 2.45) is 0 Å². The van der Waals surface area contributed by atoms with Gasteiger partial charge in [0, 0.05) is 0 Å². The first-order chi connectivity index (χ1) is 9.75. The van der Waals surface area contributed by atoms with E-state index < -0.39 is 0 Å². The summed E-state index contributed by atoms with van der Waals surface area (Å²) in [6, 6.07) is 15.5. The van der Waals surface area contributed by atoms with Crippen molar-refractivity contribution in [1.82, 2.24) is 5.32 Å². The lowest BCUT2D eigenvalue weighted by atomic mass is 10.1. The van der Waals surface area contributed by atoms with Gasteiger partial charge in [-0.15, -0.1) is 0 Å². The molecule has 0 spiro atoms. The number of aryl methyl sites for hydroxylation is 1. The van der Waals surface area contributed by atoms with E-state index in [4.69, 9.17) is 0 Å². The molecule has 0 radical (unpaired) electrons. The molecule has 0 aliphatic carbocycles. The Hall–Kier alpha value is -2.00. The van der Waals surface area contributed by atoms with Crippen LogP contribution in [0.4, 0.5) is 0 Å². The molecule has 2 aromatic rings. The van der Waals surface area contributed by atoms with Gasteiger partial charge in [0.2, 0.25) is 0 Å². The Balaban J connectivity index is 1.61. The first-order valence-electron chi connectivity index (χ1n) is 7.01. The smallest absolute Gasteiger partial charge is 0.157 e. The highest BCUT2D eigenvalue weighted by atomic mass is 16.3. The highest BCUT2D eigenvalue weighted by Crippen LogP contribution is 2.24. The van der Waals surface area contributed by atoms with Crippen molar-refractivity contribution in [1.29, 1.82) is 0 Å². The molecule has 0 aliphatic heterocycles. The summed E-state index contributed by atoms with van der Waals surface area (Å²) in [4.78, 5) is 0. The van der Waals surface area contributed by atoms with Crippen LogP contribution in [0.5, 0.6) is 11.5 Å². The fraction of sp³-hybridized carbons (Fsp3) is 0.294. The lowest BCUT2D eigenvalue weighted by Crippen LogP contribution is -2.18. The lowest BCUT2D eigenvalue weighted by Gasteiger charge is -2.06. The Bertz CT molecular complexity index is 526. The number of hydrogen-bond donors (Lipinski definition) is 3. The molecule has 0 saturated carbocycles. The maximum absolute atomic E-state index is 9.40. The molecular formula is C17H21NO2. The predicted molar refractivity (Wildman–Crippen MR) is 81.1 cm³/mol. The molecule has 0 aromatic heterocycles. The molecule has 0 aliphatic rings. The number of nitrogens with one attached hydrogen (secondary N) is 1. The number of phenols is 2. The molecule has 0 atom stereocenters. The molecule has 3 N–H and O–H groups in total. The zero-order valence-corrected chi connectivity index (χ0v) is 11.5. The number of benzene rings is 2. The van der Waals surface area contributed by atoms with Crippen LogP contribution in [0, 0.1) is 0 Å². The third kappa shape index (κ3) is 4.59. The first-order valence-corrected chi connectivity index (χ1v) is 7.01. The van der Waals surface area contributed by atoms with Crippen LogP contribution in [0.1, 0.15) is 17.5 Å². The highest BCUT2D eigenvalue weighted by molar-refractivity contribution is 5.40. The van der Waals surface area contributed by atoms with Crippen LogP contribution in [-0.4, -0.2) is 23.3 Å². The Labute approximate surface area is 119 Å². The van der Waals surface area contributed by atoms with Gasteiger partial charge < -0.3 is 15.5 Å². The van der Waals surface area contributed by atoms with Crippen molar-refractivity contribution < 1.29 is 10.2 Å². The number of rotatable bonds is 7. The van der Waals surface area contributed by atoms with Gasteiger partial charge in [0.05, 0.1) is 0 Å². The van der Waals surface area contributed by atoms with E-state index in [-0.39, 0.29) is 11.5 Å². The molecule has 2 aromatic carbocycles. The zero-order chi connectivity index (χ0) is 14.2. The standard InChI is InChI=1S/C17H21NO2/c19-16-9-8-15(13-17(16)20)10-12-18-11-4-7-14-5-2-1-3-6-14/h1-3,5-6,8-9,13,18-20H,4,7,10-12H2. The maximum Gasteiger partial charge on any atom is 0.157 e. The quantitative estimate of drug-likeness (QED) is 0.536. The number of aromatic hydroxyl groups is 2. The normalized spacial score (nSPS) is 10.6. The van der Waals surface area contributed by atoms with E-state index in [0.29, 0.717) is 0 Å². The Morgan fingerprint density at radius 3 is 2.30 bits per heavy atom. The second kappa shape index (κ2) is 7.56. The van der Waals surface area contributed by atoms with Gasteiger partial charge in [0.25, 0.3) is 0 Å². The van der Waals surface area contributed by atoms with Gasteiger partial charge in [0.1, 0.15) is 0 Å². The van der Waals surface area contributed by atoms with Gasteiger partial charge >= 0.3 is 0 Å². The lowest BCUT2D eigenvalue weighted by molar-refractivity contribution is 0.403. The summed E-state index contributed by atoms with van der Waals surface area (Å²) in [5, 5.41) is 22.0. The monoisotopic (exact) mass is 271 g/mol. The van der Waals surface area contributed by atoms with Gasteiger partial charge in [0.15, 0.2) is 11.5 Å². The van der Waals surface area contributed by atoms with Crippen molar-refractivity contribution in [2.75, 3.05) is 13.1 Å². The molecule has 3 nitrogen and oxygen atoms in total. The summed E-state index contributed by atoms with van der Waals surface area (Å²) >= 11 is 0. The summed E-state index contributed by atoms with van der Waals surface area (Å²) < 4.78 is 0. The van der Waals surface area contributed by atoms with Crippen molar-refractivity contribution in [2.45, 2.75) is 19.3 Å². The fourth-order valence-electron chi connectivity index (χ4n) is 2.14. The van der Waals surface area contributed by atoms with Crippen LogP contribution in [0.2, 0.25) is 0 Å². The van der Waals surface area contributed by atoms with Crippen molar-refractivity contribution in [3.8, 4) is 11.5 Å². The Morgan fingerprint density at radius 2 is 1.55 bits per heavy atom.